The van der Waals surface area contributed by atoms with E-state index < -0.39 is 6.10 Å². The third kappa shape index (κ3) is 4.49. The summed E-state index contributed by atoms with van der Waals surface area (Å²) in [4.78, 5) is 13.1. The van der Waals surface area contributed by atoms with Gasteiger partial charge in [0.25, 0.3) is 5.91 Å². The van der Waals surface area contributed by atoms with Gasteiger partial charge in [0.2, 0.25) is 0 Å². The molecule has 2 aromatic carbocycles. The molecule has 1 aliphatic heterocycles. The van der Waals surface area contributed by atoms with E-state index in [2.05, 4.69) is 38.2 Å². The summed E-state index contributed by atoms with van der Waals surface area (Å²) in [6.45, 7) is 12.2. The van der Waals surface area contributed by atoms with Crippen LogP contribution in [-0.2, 0) is 4.79 Å². The van der Waals surface area contributed by atoms with E-state index in [-0.39, 0.29) is 17.6 Å². The Balaban J connectivity index is 1.79. The van der Waals surface area contributed by atoms with Crippen molar-refractivity contribution in [2.45, 2.75) is 72.1 Å². The summed E-state index contributed by atoms with van der Waals surface area (Å²) >= 11 is 0. The fourth-order valence-corrected chi connectivity index (χ4v) is 3.77. The minimum absolute atomic E-state index is 0.0855. The molecule has 150 valence electrons. The normalized spacial score (nSPS) is 18.6. The van der Waals surface area contributed by atoms with Crippen LogP contribution in [0.25, 0.3) is 0 Å². The van der Waals surface area contributed by atoms with Crippen molar-refractivity contribution >= 4 is 5.91 Å². The molecule has 28 heavy (non-hydrogen) atoms. The topological polar surface area (TPSA) is 47.6 Å². The fourth-order valence-electron chi connectivity index (χ4n) is 3.77. The lowest BCUT2D eigenvalue weighted by Crippen LogP contribution is -2.45. The van der Waals surface area contributed by atoms with Gasteiger partial charge < -0.3 is 14.8 Å². The number of benzene rings is 2. The highest BCUT2D eigenvalue weighted by Crippen LogP contribution is 2.40. The summed E-state index contributed by atoms with van der Waals surface area (Å²) in [5, 5.41) is 3.22. The predicted octanol–water partition coefficient (Wildman–Crippen LogP) is 5.19. The molecule has 2 aromatic rings. The van der Waals surface area contributed by atoms with E-state index >= 15 is 0 Å². The first-order valence-electron chi connectivity index (χ1n) is 10.0. The Bertz CT molecular complexity index is 872. The zero-order chi connectivity index (χ0) is 20.5. The average Bonchev–Trinajstić information content (AvgIpc) is 2.61. The standard InChI is InChI=1S/C24H31NO3/c1-7-20(27-21-10-8-15(2)12-17(21)4)23(26)25-19-14-24(5,6)28-22-11-9-16(3)13-18(19)22/h8-13,19-20H,7,14H2,1-6H3,(H,25,26). The van der Waals surface area contributed by atoms with Gasteiger partial charge in [-0.05, 0) is 58.7 Å². The van der Waals surface area contributed by atoms with Crippen LogP contribution in [0.4, 0.5) is 0 Å². The van der Waals surface area contributed by atoms with Gasteiger partial charge in [0, 0.05) is 12.0 Å². The van der Waals surface area contributed by atoms with Crippen LogP contribution >= 0.6 is 0 Å². The van der Waals surface area contributed by atoms with Crippen molar-refractivity contribution in [3.05, 3.63) is 58.7 Å². The fraction of sp³-hybridized carbons (Fsp3) is 0.458. The molecule has 1 amide bonds. The maximum atomic E-state index is 13.1. The maximum Gasteiger partial charge on any atom is 0.261 e. The second-order valence-corrected chi connectivity index (χ2v) is 8.45. The van der Waals surface area contributed by atoms with Gasteiger partial charge in [-0.1, -0.05) is 42.3 Å². The van der Waals surface area contributed by atoms with Crippen LogP contribution < -0.4 is 14.8 Å². The minimum atomic E-state index is -0.527. The highest BCUT2D eigenvalue weighted by Gasteiger charge is 2.35. The van der Waals surface area contributed by atoms with Crippen molar-refractivity contribution in [2.24, 2.45) is 0 Å². The second kappa shape index (κ2) is 7.86. The molecule has 0 saturated carbocycles. The number of aryl methyl sites for hydroxylation is 3. The van der Waals surface area contributed by atoms with Crippen LogP contribution in [0.15, 0.2) is 36.4 Å². The molecular formula is C24H31NO3. The van der Waals surface area contributed by atoms with E-state index in [0.29, 0.717) is 6.42 Å². The van der Waals surface area contributed by atoms with Gasteiger partial charge >= 0.3 is 0 Å². The van der Waals surface area contributed by atoms with Gasteiger partial charge in [0.1, 0.15) is 17.1 Å². The molecule has 0 fully saturated rings. The highest BCUT2D eigenvalue weighted by atomic mass is 16.5. The molecule has 0 radical (unpaired) electrons. The smallest absolute Gasteiger partial charge is 0.261 e. The zero-order valence-electron chi connectivity index (χ0n) is 17.8. The van der Waals surface area contributed by atoms with E-state index in [0.717, 1.165) is 34.6 Å². The van der Waals surface area contributed by atoms with Crippen molar-refractivity contribution in [2.75, 3.05) is 0 Å². The number of carbonyl (C=O) groups is 1. The second-order valence-electron chi connectivity index (χ2n) is 8.45. The summed E-state index contributed by atoms with van der Waals surface area (Å²) in [5.74, 6) is 1.52. The summed E-state index contributed by atoms with van der Waals surface area (Å²) < 4.78 is 12.2. The molecule has 0 saturated heterocycles. The van der Waals surface area contributed by atoms with Crippen LogP contribution in [0.3, 0.4) is 0 Å². The Labute approximate surface area is 168 Å². The Morgan fingerprint density at radius 1 is 1.18 bits per heavy atom. The van der Waals surface area contributed by atoms with Crippen molar-refractivity contribution in [1.82, 2.24) is 5.32 Å². The molecule has 2 atom stereocenters. The number of amides is 1. The minimum Gasteiger partial charge on any atom is -0.487 e. The van der Waals surface area contributed by atoms with Crippen LogP contribution in [0.2, 0.25) is 0 Å². The molecule has 0 bridgehead atoms. The largest absolute Gasteiger partial charge is 0.487 e. The van der Waals surface area contributed by atoms with Crippen LogP contribution in [-0.4, -0.2) is 17.6 Å². The van der Waals surface area contributed by atoms with Crippen molar-refractivity contribution in [3.8, 4) is 11.5 Å². The monoisotopic (exact) mass is 381 g/mol. The summed E-state index contributed by atoms with van der Waals surface area (Å²) in [6, 6.07) is 12.1. The quantitative estimate of drug-likeness (QED) is 0.775. The van der Waals surface area contributed by atoms with Gasteiger partial charge in [-0.15, -0.1) is 0 Å². The van der Waals surface area contributed by atoms with Gasteiger partial charge in [0.05, 0.1) is 6.04 Å². The van der Waals surface area contributed by atoms with Crippen LogP contribution in [0.5, 0.6) is 11.5 Å². The number of hydrogen-bond donors (Lipinski definition) is 1. The molecular weight excluding hydrogens is 350 g/mol. The molecule has 2 unspecified atom stereocenters. The molecule has 0 spiro atoms. The summed E-state index contributed by atoms with van der Waals surface area (Å²) in [6.07, 6.45) is 0.794. The molecule has 1 N–H and O–H groups in total. The first-order chi connectivity index (χ1) is 13.2. The van der Waals surface area contributed by atoms with Crippen molar-refractivity contribution in [1.29, 1.82) is 0 Å². The molecule has 4 heteroatoms. The lowest BCUT2D eigenvalue weighted by atomic mass is 9.88. The van der Waals surface area contributed by atoms with E-state index in [4.69, 9.17) is 9.47 Å². The SMILES string of the molecule is CCC(Oc1ccc(C)cc1C)C(=O)NC1CC(C)(C)Oc2ccc(C)cc21. The Morgan fingerprint density at radius 3 is 2.54 bits per heavy atom. The Morgan fingerprint density at radius 2 is 1.86 bits per heavy atom. The molecule has 1 aliphatic rings. The maximum absolute atomic E-state index is 13.1. The van der Waals surface area contributed by atoms with E-state index in [1.165, 1.54) is 5.56 Å². The Kier molecular flexibility index (Phi) is 5.69. The Hall–Kier alpha value is -2.49. The zero-order valence-corrected chi connectivity index (χ0v) is 17.8. The number of fused-ring (bicyclic) bond motifs is 1. The molecule has 0 aromatic heterocycles. The van der Waals surface area contributed by atoms with E-state index in [9.17, 15) is 4.79 Å². The molecule has 0 aliphatic carbocycles. The lowest BCUT2D eigenvalue weighted by Gasteiger charge is -2.38. The molecule has 4 nitrogen and oxygen atoms in total. The van der Waals surface area contributed by atoms with Crippen molar-refractivity contribution < 1.29 is 14.3 Å². The summed E-state index contributed by atoms with van der Waals surface area (Å²) in [5.41, 5.74) is 4.07. The number of nitrogens with one attached hydrogen (secondary N) is 1. The predicted molar refractivity (Wildman–Crippen MR) is 112 cm³/mol. The summed E-state index contributed by atoms with van der Waals surface area (Å²) in [7, 11) is 0. The number of rotatable bonds is 5. The highest BCUT2D eigenvalue weighted by molar-refractivity contribution is 5.81. The average molecular weight is 382 g/mol. The van der Waals surface area contributed by atoms with Crippen LogP contribution in [0.1, 0.15) is 61.9 Å². The van der Waals surface area contributed by atoms with E-state index in [1.54, 1.807) is 0 Å². The lowest BCUT2D eigenvalue weighted by molar-refractivity contribution is -0.129. The number of carbonyl (C=O) groups excluding carboxylic acids is 1. The number of hydrogen-bond acceptors (Lipinski definition) is 3. The van der Waals surface area contributed by atoms with Gasteiger partial charge in [0.15, 0.2) is 6.10 Å². The van der Waals surface area contributed by atoms with Crippen molar-refractivity contribution in [3.63, 3.8) is 0 Å². The van der Waals surface area contributed by atoms with E-state index in [1.807, 2.05) is 45.0 Å². The molecule has 3 rings (SSSR count). The first-order valence-corrected chi connectivity index (χ1v) is 10.0. The number of ether oxygens (including phenoxy) is 2. The van der Waals surface area contributed by atoms with Gasteiger partial charge in [-0.2, -0.15) is 0 Å². The van der Waals surface area contributed by atoms with Gasteiger partial charge in [-0.25, -0.2) is 0 Å². The van der Waals surface area contributed by atoms with Crippen LogP contribution in [0, 0.1) is 20.8 Å². The third-order valence-electron chi connectivity index (χ3n) is 5.20. The molecule has 1 heterocycles. The van der Waals surface area contributed by atoms with Gasteiger partial charge in [-0.3, -0.25) is 4.79 Å². The third-order valence-corrected chi connectivity index (χ3v) is 5.20. The first kappa shape index (κ1) is 20.2.